The Morgan fingerprint density at radius 2 is 2.12 bits per heavy atom. The molecule has 0 N–H and O–H groups in total. The lowest BCUT2D eigenvalue weighted by Crippen LogP contribution is -2.21. The van der Waals surface area contributed by atoms with Crippen molar-refractivity contribution in [1.29, 1.82) is 0 Å². The predicted molar refractivity (Wildman–Crippen MR) is 66.1 cm³/mol. The highest BCUT2D eigenvalue weighted by molar-refractivity contribution is 7.99. The molecule has 1 aliphatic rings. The summed E-state index contributed by atoms with van der Waals surface area (Å²) in [4.78, 5) is 11.7. The molecule has 1 unspecified atom stereocenters. The second-order valence-corrected chi connectivity index (χ2v) is 5.08. The number of hydrogen-bond acceptors (Lipinski definition) is 3. The van der Waals surface area contributed by atoms with Crippen molar-refractivity contribution in [3.63, 3.8) is 0 Å². The summed E-state index contributed by atoms with van der Waals surface area (Å²) in [5.41, 5.74) is 0.735. The van der Waals surface area contributed by atoms with E-state index < -0.39 is 0 Å². The number of benzene rings is 1. The lowest BCUT2D eigenvalue weighted by Gasteiger charge is -2.22. The third kappa shape index (κ3) is 3.35. The van der Waals surface area contributed by atoms with E-state index in [4.69, 9.17) is 4.74 Å². The van der Waals surface area contributed by atoms with Gasteiger partial charge in [-0.3, -0.25) is 4.79 Å². The van der Waals surface area contributed by atoms with Gasteiger partial charge in [-0.1, -0.05) is 12.1 Å². The van der Waals surface area contributed by atoms with E-state index in [2.05, 4.69) is 0 Å². The highest BCUT2D eigenvalue weighted by Crippen LogP contribution is 2.23. The summed E-state index contributed by atoms with van der Waals surface area (Å²) in [5, 5.41) is 0. The summed E-state index contributed by atoms with van der Waals surface area (Å²) in [6.07, 6.45) is 4.95. The molecule has 1 aromatic rings. The number of rotatable bonds is 4. The van der Waals surface area contributed by atoms with Crippen molar-refractivity contribution in [2.45, 2.75) is 30.3 Å². The molecule has 0 bridgehead atoms. The van der Waals surface area contributed by atoms with Crippen LogP contribution in [0.4, 0.5) is 0 Å². The van der Waals surface area contributed by atoms with Crippen LogP contribution in [-0.4, -0.2) is 24.7 Å². The number of hydrogen-bond donors (Lipinski definition) is 0. The second kappa shape index (κ2) is 6.06. The summed E-state index contributed by atoms with van der Waals surface area (Å²) >= 11 is 1.81. The fourth-order valence-electron chi connectivity index (χ4n) is 1.77. The topological polar surface area (TPSA) is 26.3 Å². The Kier molecular flexibility index (Phi) is 4.43. The molecule has 2 nitrogen and oxygen atoms in total. The maximum atomic E-state index is 10.5. The van der Waals surface area contributed by atoms with Gasteiger partial charge in [0.15, 0.2) is 0 Å². The van der Waals surface area contributed by atoms with Crippen molar-refractivity contribution >= 4 is 18.0 Å². The standard InChI is InChI=1S/C13H16O2S/c14-9-11-4-6-13(7-5-11)16-10-12-3-1-2-8-15-12/h4-7,9,12H,1-3,8,10H2. The van der Waals surface area contributed by atoms with E-state index in [-0.39, 0.29) is 0 Å². The molecular weight excluding hydrogens is 220 g/mol. The molecule has 1 aliphatic heterocycles. The highest BCUT2D eigenvalue weighted by atomic mass is 32.2. The maximum absolute atomic E-state index is 10.5. The Morgan fingerprint density at radius 3 is 2.75 bits per heavy atom. The molecule has 1 fully saturated rings. The molecule has 1 aromatic carbocycles. The van der Waals surface area contributed by atoms with Crippen LogP contribution in [0.5, 0.6) is 0 Å². The lowest BCUT2D eigenvalue weighted by atomic mass is 10.1. The van der Waals surface area contributed by atoms with Crippen LogP contribution in [0.2, 0.25) is 0 Å². The van der Waals surface area contributed by atoms with Crippen LogP contribution < -0.4 is 0 Å². The molecule has 0 aromatic heterocycles. The first-order chi connectivity index (χ1) is 7.88. The molecule has 86 valence electrons. The number of thioether (sulfide) groups is 1. The zero-order valence-corrected chi connectivity index (χ0v) is 10.0. The Balaban J connectivity index is 1.81. The van der Waals surface area contributed by atoms with E-state index in [9.17, 15) is 4.79 Å². The first-order valence-electron chi connectivity index (χ1n) is 5.68. The zero-order chi connectivity index (χ0) is 11.2. The predicted octanol–water partition coefficient (Wildman–Crippen LogP) is 3.16. The average molecular weight is 236 g/mol. The number of carbonyl (C=O) groups excluding carboxylic acids is 1. The summed E-state index contributed by atoms with van der Waals surface area (Å²) in [7, 11) is 0. The van der Waals surface area contributed by atoms with Crippen LogP contribution >= 0.6 is 11.8 Å². The summed E-state index contributed by atoms with van der Waals surface area (Å²) < 4.78 is 5.67. The monoisotopic (exact) mass is 236 g/mol. The van der Waals surface area contributed by atoms with Gasteiger partial charge in [-0.2, -0.15) is 0 Å². The molecule has 0 saturated carbocycles. The number of ether oxygens (including phenoxy) is 1. The smallest absolute Gasteiger partial charge is 0.150 e. The zero-order valence-electron chi connectivity index (χ0n) is 9.22. The summed E-state index contributed by atoms with van der Waals surface area (Å²) in [6.45, 7) is 0.912. The van der Waals surface area contributed by atoms with Crippen molar-refractivity contribution in [2.24, 2.45) is 0 Å². The van der Waals surface area contributed by atoms with Crippen molar-refractivity contribution in [2.75, 3.05) is 12.4 Å². The Bertz CT molecular complexity index is 328. The van der Waals surface area contributed by atoms with Gasteiger partial charge < -0.3 is 4.74 Å². The van der Waals surface area contributed by atoms with Gasteiger partial charge in [0.2, 0.25) is 0 Å². The van der Waals surface area contributed by atoms with Gasteiger partial charge in [-0.15, -0.1) is 11.8 Å². The van der Waals surface area contributed by atoms with E-state index >= 15 is 0 Å². The molecular formula is C13H16O2S. The van der Waals surface area contributed by atoms with E-state index in [0.717, 1.165) is 24.2 Å². The molecule has 1 saturated heterocycles. The third-order valence-electron chi connectivity index (χ3n) is 2.73. The Morgan fingerprint density at radius 1 is 1.31 bits per heavy atom. The fraction of sp³-hybridized carbons (Fsp3) is 0.462. The molecule has 0 amide bonds. The number of carbonyl (C=O) groups is 1. The van der Waals surface area contributed by atoms with E-state index in [0.29, 0.717) is 6.10 Å². The van der Waals surface area contributed by atoms with Crippen molar-refractivity contribution in [3.05, 3.63) is 29.8 Å². The van der Waals surface area contributed by atoms with Crippen molar-refractivity contribution in [1.82, 2.24) is 0 Å². The van der Waals surface area contributed by atoms with E-state index in [1.54, 1.807) is 11.8 Å². The summed E-state index contributed by atoms with van der Waals surface area (Å²) in [6, 6.07) is 7.71. The van der Waals surface area contributed by atoms with Crippen molar-refractivity contribution < 1.29 is 9.53 Å². The van der Waals surface area contributed by atoms with Crippen molar-refractivity contribution in [3.8, 4) is 0 Å². The van der Waals surface area contributed by atoms with Gasteiger partial charge in [0.1, 0.15) is 6.29 Å². The molecule has 2 rings (SSSR count). The molecule has 0 spiro atoms. The molecule has 0 aliphatic carbocycles. The van der Waals surface area contributed by atoms with Gasteiger partial charge in [0, 0.05) is 22.8 Å². The quantitative estimate of drug-likeness (QED) is 0.593. The van der Waals surface area contributed by atoms with Crippen LogP contribution in [0.1, 0.15) is 29.6 Å². The van der Waals surface area contributed by atoms with Gasteiger partial charge in [-0.25, -0.2) is 0 Å². The minimum atomic E-state index is 0.407. The van der Waals surface area contributed by atoms with Crippen LogP contribution in [0.3, 0.4) is 0 Å². The Labute approximate surface area is 100 Å². The van der Waals surface area contributed by atoms with Gasteiger partial charge in [0.05, 0.1) is 6.10 Å². The fourth-order valence-corrected chi connectivity index (χ4v) is 2.74. The summed E-state index contributed by atoms with van der Waals surface area (Å²) in [5.74, 6) is 1.01. The van der Waals surface area contributed by atoms with Gasteiger partial charge >= 0.3 is 0 Å². The van der Waals surface area contributed by atoms with Crippen LogP contribution in [0.25, 0.3) is 0 Å². The minimum absolute atomic E-state index is 0.407. The molecule has 0 radical (unpaired) electrons. The third-order valence-corrected chi connectivity index (χ3v) is 3.87. The first-order valence-corrected chi connectivity index (χ1v) is 6.67. The lowest BCUT2D eigenvalue weighted by molar-refractivity contribution is 0.0315. The minimum Gasteiger partial charge on any atom is -0.377 e. The first kappa shape index (κ1) is 11.7. The Hall–Kier alpha value is -0.800. The highest BCUT2D eigenvalue weighted by Gasteiger charge is 2.13. The molecule has 16 heavy (non-hydrogen) atoms. The SMILES string of the molecule is O=Cc1ccc(SCC2CCCCO2)cc1. The molecule has 1 atom stereocenters. The van der Waals surface area contributed by atoms with E-state index in [1.165, 1.54) is 24.2 Å². The van der Waals surface area contributed by atoms with Gasteiger partial charge in [-0.05, 0) is 31.4 Å². The van der Waals surface area contributed by atoms with Crippen LogP contribution in [-0.2, 0) is 4.74 Å². The normalized spacial score (nSPS) is 20.6. The molecule has 3 heteroatoms. The molecule has 1 heterocycles. The maximum Gasteiger partial charge on any atom is 0.150 e. The largest absolute Gasteiger partial charge is 0.377 e. The average Bonchev–Trinajstić information content (AvgIpc) is 2.38. The second-order valence-electron chi connectivity index (χ2n) is 3.99. The van der Waals surface area contributed by atoms with Crippen LogP contribution in [0.15, 0.2) is 29.2 Å². The van der Waals surface area contributed by atoms with Crippen LogP contribution in [0, 0.1) is 0 Å². The van der Waals surface area contributed by atoms with E-state index in [1.807, 2.05) is 24.3 Å². The number of aldehydes is 1. The van der Waals surface area contributed by atoms with Gasteiger partial charge in [0.25, 0.3) is 0 Å².